The fraction of sp³-hybridized carbons (Fsp3) is 0.385. The van der Waals surface area contributed by atoms with Gasteiger partial charge in [0.15, 0.2) is 0 Å². The van der Waals surface area contributed by atoms with Gasteiger partial charge in [0.25, 0.3) is 5.91 Å². The molecule has 0 aromatic carbocycles. The highest BCUT2D eigenvalue weighted by Gasteiger charge is 2.08. The standard InChI is InChI=1S/C13H17N5O2/c1-3-12-14-5-9(6-15-12)13(19)16-7-10-4-11(8-20-2)18-17-10/h4-6H,3,7-8H2,1-2H3,(H,16,19)(H,17,18). The molecule has 2 heterocycles. The molecule has 0 bridgehead atoms. The van der Waals surface area contributed by atoms with Crippen LogP contribution in [0.3, 0.4) is 0 Å². The van der Waals surface area contributed by atoms with E-state index in [-0.39, 0.29) is 5.91 Å². The average molecular weight is 275 g/mol. The molecule has 0 aliphatic carbocycles. The van der Waals surface area contributed by atoms with Crippen molar-refractivity contribution in [2.45, 2.75) is 26.5 Å². The summed E-state index contributed by atoms with van der Waals surface area (Å²) in [5.74, 6) is 0.509. The number of nitrogens with one attached hydrogen (secondary N) is 2. The average Bonchev–Trinajstić information content (AvgIpc) is 2.93. The largest absolute Gasteiger partial charge is 0.378 e. The molecule has 0 unspecified atom stereocenters. The van der Waals surface area contributed by atoms with Gasteiger partial charge in [-0.25, -0.2) is 9.97 Å². The summed E-state index contributed by atoms with van der Waals surface area (Å²) in [6, 6.07) is 1.85. The first kappa shape index (κ1) is 14.1. The number of aromatic amines is 1. The number of methoxy groups -OCH3 is 1. The second-order valence-electron chi connectivity index (χ2n) is 4.24. The monoisotopic (exact) mass is 275 g/mol. The van der Waals surface area contributed by atoms with E-state index < -0.39 is 0 Å². The quantitative estimate of drug-likeness (QED) is 0.815. The highest BCUT2D eigenvalue weighted by atomic mass is 16.5. The Kier molecular flexibility index (Phi) is 4.78. The lowest BCUT2D eigenvalue weighted by atomic mass is 10.3. The zero-order valence-corrected chi connectivity index (χ0v) is 11.5. The summed E-state index contributed by atoms with van der Waals surface area (Å²) in [6.45, 7) is 2.77. The number of H-pyrrole nitrogens is 1. The molecular weight excluding hydrogens is 258 g/mol. The fourth-order valence-electron chi connectivity index (χ4n) is 1.65. The molecule has 0 atom stereocenters. The van der Waals surface area contributed by atoms with Crippen LogP contribution in [0, 0.1) is 0 Å². The molecule has 2 rings (SSSR count). The number of aromatic nitrogens is 4. The number of rotatable bonds is 6. The van der Waals surface area contributed by atoms with E-state index in [4.69, 9.17) is 4.74 Å². The summed E-state index contributed by atoms with van der Waals surface area (Å²) in [6.07, 6.45) is 3.81. The van der Waals surface area contributed by atoms with Gasteiger partial charge in [0.2, 0.25) is 0 Å². The molecule has 0 aliphatic rings. The van der Waals surface area contributed by atoms with Crippen molar-refractivity contribution in [2.75, 3.05) is 7.11 Å². The first-order valence-corrected chi connectivity index (χ1v) is 6.34. The van der Waals surface area contributed by atoms with Crippen molar-refractivity contribution in [2.24, 2.45) is 0 Å². The van der Waals surface area contributed by atoms with Crippen LogP contribution in [-0.4, -0.2) is 33.2 Å². The van der Waals surface area contributed by atoms with Gasteiger partial charge >= 0.3 is 0 Å². The Hall–Kier alpha value is -2.28. The van der Waals surface area contributed by atoms with Gasteiger partial charge in [-0.2, -0.15) is 5.10 Å². The zero-order valence-electron chi connectivity index (χ0n) is 11.5. The second-order valence-corrected chi connectivity index (χ2v) is 4.24. The maximum Gasteiger partial charge on any atom is 0.254 e. The van der Waals surface area contributed by atoms with Gasteiger partial charge in [0.05, 0.1) is 30.1 Å². The minimum absolute atomic E-state index is 0.212. The third kappa shape index (κ3) is 3.61. The van der Waals surface area contributed by atoms with Crippen LogP contribution in [0.4, 0.5) is 0 Å². The molecule has 0 saturated heterocycles. The smallest absolute Gasteiger partial charge is 0.254 e. The van der Waals surface area contributed by atoms with Crippen molar-refractivity contribution in [3.8, 4) is 0 Å². The van der Waals surface area contributed by atoms with E-state index in [2.05, 4.69) is 25.5 Å². The number of amides is 1. The Bertz CT molecular complexity index is 564. The summed E-state index contributed by atoms with van der Waals surface area (Å²) < 4.78 is 4.97. The van der Waals surface area contributed by atoms with Crippen LogP contribution in [0.2, 0.25) is 0 Å². The van der Waals surface area contributed by atoms with E-state index >= 15 is 0 Å². The van der Waals surface area contributed by atoms with Crippen LogP contribution < -0.4 is 5.32 Å². The molecule has 106 valence electrons. The maximum absolute atomic E-state index is 11.9. The SMILES string of the molecule is CCc1ncc(C(=O)NCc2cc(COC)n[nH]2)cn1. The minimum atomic E-state index is -0.212. The van der Waals surface area contributed by atoms with Crippen LogP contribution in [0.5, 0.6) is 0 Å². The van der Waals surface area contributed by atoms with E-state index in [0.29, 0.717) is 18.7 Å². The van der Waals surface area contributed by atoms with E-state index in [1.165, 1.54) is 12.4 Å². The summed E-state index contributed by atoms with van der Waals surface area (Å²) in [5, 5.41) is 9.67. The van der Waals surface area contributed by atoms with Crippen LogP contribution >= 0.6 is 0 Å². The summed E-state index contributed by atoms with van der Waals surface area (Å²) in [7, 11) is 1.61. The Morgan fingerprint density at radius 2 is 2.15 bits per heavy atom. The number of nitrogens with zero attached hydrogens (tertiary/aromatic N) is 3. The van der Waals surface area contributed by atoms with Gasteiger partial charge in [-0.1, -0.05) is 6.92 Å². The van der Waals surface area contributed by atoms with Gasteiger partial charge in [-0.05, 0) is 6.07 Å². The van der Waals surface area contributed by atoms with Crippen molar-refractivity contribution < 1.29 is 9.53 Å². The number of ether oxygens (including phenoxy) is 1. The second kappa shape index (κ2) is 6.76. The molecule has 0 fully saturated rings. The lowest BCUT2D eigenvalue weighted by Crippen LogP contribution is -2.23. The third-order valence-corrected chi connectivity index (χ3v) is 2.70. The third-order valence-electron chi connectivity index (χ3n) is 2.70. The Balaban J connectivity index is 1.90. The lowest BCUT2D eigenvalue weighted by Gasteiger charge is -2.03. The van der Waals surface area contributed by atoms with E-state index in [0.717, 1.165) is 23.6 Å². The number of hydrogen-bond donors (Lipinski definition) is 2. The van der Waals surface area contributed by atoms with Crippen LogP contribution in [0.25, 0.3) is 0 Å². The van der Waals surface area contributed by atoms with Crippen molar-refractivity contribution in [3.63, 3.8) is 0 Å². The summed E-state index contributed by atoms with van der Waals surface area (Å²) in [4.78, 5) is 20.1. The predicted octanol–water partition coefficient (Wildman–Crippen LogP) is 0.838. The summed E-state index contributed by atoms with van der Waals surface area (Å²) >= 11 is 0. The molecule has 1 amide bonds. The van der Waals surface area contributed by atoms with E-state index in [9.17, 15) is 4.79 Å². The Labute approximate surface area is 116 Å². The molecule has 2 N–H and O–H groups in total. The minimum Gasteiger partial charge on any atom is -0.378 e. The zero-order chi connectivity index (χ0) is 14.4. The molecule has 0 spiro atoms. The Morgan fingerprint density at radius 1 is 1.40 bits per heavy atom. The van der Waals surface area contributed by atoms with Crippen molar-refractivity contribution in [3.05, 3.63) is 41.2 Å². The number of carbonyl (C=O) groups excluding carboxylic acids is 1. The predicted molar refractivity (Wildman–Crippen MR) is 71.9 cm³/mol. The molecule has 0 saturated carbocycles. The van der Waals surface area contributed by atoms with Crippen LogP contribution in [-0.2, 0) is 24.3 Å². The van der Waals surface area contributed by atoms with Crippen molar-refractivity contribution in [1.82, 2.24) is 25.5 Å². The first-order chi connectivity index (χ1) is 9.72. The fourth-order valence-corrected chi connectivity index (χ4v) is 1.65. The van der Waals surface area contributed by atoms with Crippen molar-refractivity contribution in [1.29, 1.82) is 0 Å². The van der Waals surface area contributed by atoms with Gasteiger partial charge in [0, 0.05) is 25.9 Å². The molecular formula is C13H17N5O2. The molecule has 2 aromatic rings. The molecule has 0 radical (unpaired) electrons. The van der Waals surface area contributed by atoms with Gasteiger partial charge in [0.1, 0.15) is 5.82 Å². The number of hydrogen-bond acceptors (Lipinski definition) is 5. The molecule has 7 heteroatoms. The van der Waals surface area contributed by atoms with Gasteiger partial charge < -0.3 is 10.1 Å². The molecule has 20 heavy (non-hydrogen) atoms. The van der Waals surface area contributed by atoms with Crippen LogP contribution in [0.15, 0.2) is 18.5 Å². The van der Waals surface area contributed by atoms with Gasteiger partial charge in [-0.3, -0.25) is 9.89 Å². The summed E-state index contributed by atoms with van der Waals surface area (Å²) in [5.41, 5.74) is 2.06. The maximum atomic E-state index is 11.9. The van der Waals surface area contributed by atoms with Gasteiger partial charge in [-0.15, -0.1) is 0 Å². The Morgan fingerprint density at radius 3 is 2.80 bits per heavy atom. The van der Waals surface area contributed by atoms with E-state index in [1.807, 2.05) is 13.0 Å². The van der Waals surface area contributed by atoms with E-state index in [1.54, 1.807) is 7.11 Å². The highest BCUT2D eigenvalue weighted by Crippen LogP contribution is 2.02. The topological polar surface area (TPSA) is 92.8 Å². The first-order valence-electron chi connectivity index (χ1n) is 6.34. The molecule has 2 aromatic heterocycles. The highest BCUT2D eigenvalue weighted by molar-refractivity contribution is 5.93. The lowest BCUT2D eigenvalue weighted by molar-refractivity contribution is 0.0949. The van der Waals surface area contributed by atoms with Crippen LogP contribution in [0.1, 0.15) is 34.5 Å². The molecule has 0 aliphatic heterocycles. The number of carbonyl (C=O) groups is 1. The molecule has 7 nitrogen and oxygen atoms in total. The number of aryl methyl sites for hydroxylation is 1. The normalized spacial score (nSPS) is 10.5. The van der Waals surface area contributed by atoms with Crippen molar-refractivity contribution >= 4 is 5.91 Å².